The summed E-state index contributed by atoms with van der Waals surface area (Å²) in [7, 11) is 0. The van der Waals surface area contributed by atoms with Crippen molar-refractivity contribution in [3.05, 3.63) is 206 Å². The van der Waals surface area contributed by atoms with Gasteiger partial charge in [-0.25, -0.2) is 0 Å². The van der Waals surface area contributed by atoms with E-state index in [-0.39, 0.29) is 6.71 Å². The number of hydrogen-bond donors (Lipinski definition) is 0. The topological polar surface area (TPSA) is 14.8 Å². The highest BCUT2D eigenvalue weighted by atomic mass is 15.1. The number of benzene rings is 12. The highest BCUT2D eigenvalue weighted by Gasteiger charge is 2.44. The Morgan fingerprint density at radius 3 is 1.27 bits per heavy atom. The quantitative estimate of drug-likeness (QED) is 0.146. The molecule has 4 aliphatic rings. The van der Waals surface area contributed by atoms with Crippen molar-refractivity contribution in [3.63, 3.8) is 0 Å². The van der Waals surface area contributed by atoms with Gasteiger partial charge in [-0.1, -0.05) is 170 Å². The van der Waals surface area contributed by atoms with Crippen LogP contribution in [0.1, 0.15) is 0 Å². The van der Waals surface area contributed by atoms with Crippen molar-refractivity contribution in [3.8, 4) is 61.6 Å². The van der Waals surface area contributed by atoms with Gasteiger partial charge in [0.05, 0.1) is 38.8 Å². The van der Waals surface area contributed by atoms with Gasteiger partial charge in [0.25, 0.3) is 6.71 Å². The number of para-hydroxylation sites is 1. The van der Waals surface area contributed by atoms with Gasteiger partial charge in [-0.15, -0.1) is 0 Å². The third-order valence-electron chi connectivity index (χ3n) is 17.2. The van der Waals surface area contributed by atoms with E-state index in [1.165, 1.54) is 170 Å². The van der Waals surface area contributed by atoms with Crippen LogP contribution in [0.15, 0.2) is 206 Å². The molecule has 0 saturated heterocycles. The third kappa shape index (κ3) is 3.80. The zero-order valence-electron chi connectivity index (χ0n) is 37.5. The molecular formula is C66H34BN3. The van der Waals surface area contributed by atoms with Gasteiger partial charge in [0, 0.05) is 43.7 Å². The Bertz CT molecular complexity index is 4840. The van der Waals surface area contributed by atoms with Crippen LogP contribution >= 0.6 is 0 Å². The number of fused-ring (bicyclic) bond motifs is 17. The van der Waals surface area contributed by atoms with Crippen molar-refractivity contribution in [1.82, 2.24) is 13.7 Å². The molecular weight excluding hydrogens is 846 g/mol. The standard InChI is InChI=1S/C66H34BN3/c1-2-16-39-35(13-1)29-30-54-59(39)48-21-7-8-26-51(48)68(54)38-33-55-64-56(34-38)70-53-28-12-25-47-43-20-6-4-18-41(43)45-23-10-15-37-32-50(66(70)63(58(37)45)61(47)53)67(64)49-31-36-14-9-22-44-40-17-3-5-19-42(40)46-24-11-27-52-60(46)62(57(36)44)65(49)69(52)55/h1-34H. The molecule has 0 radical (unpaired) electrons. The van der Waals surface area contributed by atoms with Gasteiger partial charge in [0.15, 0.2) is 0 Å². The monoisotopic (exact) mass is 879 g/mol. The van der Waals surface area contributed by atoms with Gasteiger partial charge in [-0.05, 0) is 130 Å². The van der Waals surface area contributed by atoms with Crippen LogP contribution in [0.4, 0.5) is 0 Å². The number of nitrogens with zero attached hydrogens (tertiary/aromatic N) is 3. The Kier molecular flexibility index (Phi) is 5.89. The molecule has 3 aromatic heterocycles. The molecule has 15 aromatic rings. The number of rotatable bonds is 1. The Labute approximate surface area is 400 Å². The molecule has 0 amide bonds. The molecule has 70 heavy (non-hydrogen) atoms. The summed E-state index contributed by atoms with van der Waals surface area (Å²) >= 11 is 0. The predicted octanol–water partition coefficient (Wildman–Crippen LogP) is 14.9. The molecule has 0 atom stereocenters. The maximum atomic E-state index is 2.69. The van der Waals surface area contributed by atoms with Crippen LogP contribution in [0.2, 0.25) is 0 Å². The first-order valence-electron chi connectivity index (χ1n) is 24.6. The first-order valence-corrected chi connectivity index (χ1v) is 24.6. The zero-order chi connectivity index (χ0) is 44.8. The minimum absolute atomic E-state index is 0.0287. The summed E-state index contributed by atoms with van der Waals surface area (Å²) in [5, 5.41) is 15.8. The Balaban J connectivity index is 1.07. The molecule has 5 heterocycles. The normalized spacial score (nSPS) is 13.4. The smallest absolute Gasteiger partial charge is 0.252 e. The summed E-state index contributed by atoms with van der Waals surface area (Å²) in [6, 6.07) is 79.2. The van der Waals surface area contributed by atoms with Crippen LogP contribution in [0, 0.1) is 0 Å². The molecule has 12 aromatic carbocycles. The third-order valence-corrected chi connectivity index (χ3v) is 17.2. The van der Waals surface area contributed by atoms with Crippen LogP contribution < -0.4 is 16.4 Å². The van der Waals surface area contributed by atoms with Gasteiger partial charge in [0.1, 0.15) is 0 Å². The summed E-state index contributed by atoms with van der Waals surface area (Å²) < 4.78 is 7.94. The number of aromatic nitrogens is 3. The van der Waals surface area contributed by atoms with Crippen molar-refractivity contribution in [2.45, 2.75) is 0 Å². The first-order chi connectivity index (χ1) is 34.8. The van der Waals surface area contributed by atoms with E-state index >= 15 is 0 Å². The van der Waals surface area contributed by atoms with E-state index in [4.69, 9.17) is 0 Å². The highest BCUT2D eigenvalue weighted by Crippen LogP contribution is 2.53. The van der Waals surface area contributed by atoms with E-state index in [2.05, 4.69) is 220 Å². The maximum Gasteiger partial charge on any atom is 0.252 e. The minimum atomic E-state index is -0.0287. The summed E-state index contributed by atoms with van der Waals surface area (Å²) in [5.41, 5.74) is 25.8. The molecule has 316 valence electrons. The van der Waals surface area contributed by atoms with Crippen molar-refractivity contribution in [1.29, 1.82) is 0 Å². The van der Waals surface area contributed by atoms with E-state index in [0.717, 1.165) is 5.69 Å². The van der Waals surface area contributed by atoms with Gasteiger partial charge in [0.2, 0.25) is 0 Å². The summed E-state index contributed by atoms with van der Waals surface area (Å²) in [6.07, 6.45) is 0. The van der Waals surface area contributed by atoms with Crippen molar-refractivity contribution < 1.29 is 0 Å². The fraction of sp³-hybridized carbons (Fsp3) is 0. The van der Waals surface area contributed by atoms with Gasteiger partial charge >= 0.3 is 0 Å². The van der Waals surface area contributed by atoms with Gasteiger partial charge in [-0.2, -0.15) is 0 Å². The average molecular weight is 880 g/mol. The van der Waals surface area contributed by atoms with Crippen molar-refractivity contribution >= 4 is 121 Å². The van der Waals surface area contributed by atoms with E-state index < -0.39 is 0 Å². The summed E-state index contributed by atoms with van der Waals surface area (Å²) in [6.45, 7) is -0.0287. The lowest BCUT2D eigenvalue weighted by atomic mass is 9.34. The molecule has 0 N–H and O–H groups in total. The molecule has 4 heteroatoms. The lowest BCUT2D eigenvalue weighted by Gasteiger charge is -2.35. The fourth-order valence-electron chi connectivity index (χ4n) is 14.8. The molecule has 0 bridgehead atoms. The van der Waals surface area contributed by atoms with E-state index in [9.17, 15) is 0 Å². The second kappa shape index (κ2) is 11.8. The van der Waals surface area contributed by atoms with Crippen LogP contribution in [-0.4, -0.2) is 20.4 Å². The molecule has 2 aliphatic heterocycles. The average Bonchev–Trinajstić information content (AvgIpc) is 4.02. The van der Waals surface area contributed by atoms with Gasteiger partial charge < -0.3 is 13.7 Å². The van der Waals surface area contributed by atoms with Crippen molar-refractivity contribution in [2.75, 3.05) is 0 Å². The lowest BCUT2D eigenvalue weighted by Crippen LogP contribution is -2.59. The van der Waals surface area contributed by atoms with E-state index in [0.29, 0.717) is 0 Å². The van der Waals surface area contributed by atoms with E-state index in [1.807, 2.05) is 0 Å². The molecule has 0 fully saturated rings. The summed E-state index contributed by atoms with van der Waals surface area (Å²) in [5.74, 6) is 0. The molecule has 3 nitrogen and oxygen atoms in total. The summed E-state index contributed by atoms with van der Waals surface area (Å²) in [4.78, 5) is 0. The van der Waals surface area contributed by atoms with Crippen LogP contribution in [-0.2, 0) is 0 Å². The second-order valence-electron chi connectivity index (χ2n) is 20.2. The predicted molar refractivity (Wildman–Crippen MR) is 295 cm³/mol. The van der Waals surface area contributed by atoms with Crippen molar-refractivity contribution in [2.24, 2.45) is 0 Å². The van der Waals surface area contributed by atoms with Crippen LogP contribution in [0.5, 0.6) is 0 Å². The molecule has 2 aliphatic carbocycles. The Morgan fingerprint density at radius 2 is 0.700 bits per heavy atom. The fourth-order valence-corrected chi connectivity index (χ4v) is 14.8. The van der Waals surface area contributed by atoms with Crippen LogP contribution in [0.3, 0.4) is 0 Å². The molecule has 0 spiro atoms. The largest absolute Gasteiger partial charge is 0.310 e. The lowest BCUT2D eigenvalue weighted by molar-refractivity contribution is 1.10. The first kappa shape index (κ1) is 35.1. The minimum Gasteiger partial charge on any atom is -0.310 e. The zero-order valence-corrected chi connectivity index (χ0v) is 37.5. The second-order valence-corrected chi connectivity index (χ2v) is 20.2. The molecule has 0 saturated carbocycles. The highest BCUT2D eigenvalue weighted by molar-refractivity contribution is 7.00. The van der Waals surface area contributed by atoms with Crippen LogP contribution in [0.25, 0.3) is 159 Å². The Hall–Kier alpha value is -9.12. The van der Waals surface area contributed by atoms with E-state index in [1.54, 1.807) is 0 Å². The Morgan fingerprint density at radius 1 is 0.271 bits per heavy atom. The molecule has 0 unspecified atom stereocenters. The number of hydrogen-bond acceptors (Lipinski definition) is 0. The SMILES string of the molecule is c1ccc2c(c1)-c1cccc3cc4c5c(c13)c1c-2cccc1n5-c1cc(-n2c3ccccc3c3c5ccccc5ccc32)cc2c1B4c1cc3cccc4c3c3c5c(cccc5n-2c13)-c1ccccc1-4. The van der Waals surface area contributed by atoms with Gasteiger partial charge in [-0.3, -0.25) is 0 Å². The molecule has 19 rings (SSSR count). The maximum absolute atomic E-state index is 2.69.